The fourth-order valence-corrected chi connectivity index (χ4v) is 2.33. The molecule has 0 aliphatic heterocycles. The van der Waals surface area contributed by atoms with Crippen molar-refractivity contribution in [3.63, 3.8) is 0 Å². The molecule has 2 N–H and O–H groups in total. The van der Waals surface area contributed by atoms with E-state index in [9.17, 15) is 14.4 Å². The summed E-state index contributed by atoms with van der Waals surface area (Å²) in [4.78, 5) is 35.2. The van der Waals surface area contributed by atoms with Gasteiger partial charge in [-0.15, -0.1) is 0 Å². The second-order valence-corrected chi connectivity index (χ2v) is 5.85. The maximum atomic E-state index is 12.1. The van der Waals surface area contributed by atoms with Crippen molar-refractivity contribution >= 4 is 18.0 Å². The van der Waals surface area contributed by atoms with E-state index in [-0.39, 0.29) is 43.9 Å². The van der Waals surface area contributed by atoms with E-state index in [0.29, 0.717) is 17.1 Å². The molecule has 0 aromatic heterocycles. The van der Waals surface area contributed by atoms with Gasteiger partial charge in [0.15, 0.2) is 18.1 Å². The molecule has 0 fully saturated rings. The van der Waals surface area contributed by atoms with Gasteiger partial charge < -0.3 is 29.6 Å². The Hall–Kier alpha value is -3.75. The first-order valence-corrected chi connectivity index (χ1v) is 9.29. The summed E-state index contributed by atoms with van der Waals surface area (Å²) < 4.78 is 20.2. The molecular formula is C21H24N2O7. The van der Waals surface area contributed by atoms with Gasteiger partial charge in [-0.2, -0.15) is 0 Å². The lowest BCUT2D eigenvalue weighted by molar-refractivity contribution is -0.123. The minimum Gasteiger partial charge on any atom is -0.493 e. The van der Waals surface area contributed by atoms with Crippen LogP contribution in [0.5, 0.6) is 17.2 Å². The van der Waals surface area contributed by atoms with Crippen LogP contribution < -0.4 is 24.8 Å². The predicted octanol–water partition coefficient (Wildman–Crippen LogP) is 2.16. The summed E-state index contributed by atoms with van der Waals surface area (Å²) in [5, 5.41) is 5.33. The van der Waals surface area contributed by atoms with E-state index in [1.165, 1.54) is 31.4 Å². The molecule has 2 aromatic rings. The van der Waals surface area contributed by atoms with Crippen molar-refractivity contribution in [2.45, 2.75) is 6.92 Å². The van der Waals surface area contributed by atoms with Crippen LogP contribution in [0, 0.1) is 0 Å². The second-order valence-electron chi connectivity index (χ2n) is 5.85. The van der Waals surface area contributed by atoms with Crippen LogP contribution >= 0.6 is 0 Å². The average molecular weight is 416 g/mol. The summed E-state index contributed by atoms with van der Waals surface area (Å²) >= 11 is 0. The highest BCUT2D eigenvalue weighted by Gasteiger charge is 2.09. The lowest BCUT2D eigenvalue weighted by Gasteiger charge is -2.11. The Morgan fingerprint density at radius 2 is 1.57 bits per heavy atom. The van der Waals surface area contributed by atoms with Crippen LogP contribution in [0.2, 0.25) is 0 Å². The van der Waals surface area contributed by atoms with Gasteiger partial charge in [-0.1, -0.05) is 12.1 Å². The van der Waals surface area contributed by atoms with Crippen LogP contribution in [0.1, 0.15) is 17.3 Å². The molecule has 160 valence electrons. The summed E-state index contributed by atoms with van der Waals surface area (Å²) in [7, 11) is 1.52. The summed E-state index contributed by atoms with van der Waals surface area (Å²) in [6, 6.07) is 13.0. The van der Waals surface area contributed by atoms with Gasteiger partial charge in [0.05, 0.1) is 13.7 Å². The molecule has 30 heavy (non-hydrogen) atoms. The molecule has 0 spiro atoms. The molecule has 0 saturated carbocycles. The maximum Gasteiger partial charge on any atom is 0.513 e. The summed E-state index contributed by atoms with van der Waals surface area (Å²) in [6.45, 7) is 2.19. The average Bonchev–Trinajstić information content (AvgIpc) is 2.76. The van der Waals surface area contributed by atoms with Gasteiger partial charge in [0.25, 0.3) is 11.8 Å². The molecule has 0 aliphatic rings. The summed E-state index contributed by atoms with van der Waals surface area (Å²) in [6.07, 6.45) is -0.805. The maximum absolute atomic E-state index is 12.1. The summed E-state index contributed by atoms with van der Waals surface area (Å²) in [5.41, 5.74) is 0.386. The minimum absolute atomic E-state index is 0.170. The van der Waals surface area contributed by atoms with Gasteiger partial charge in [0.1, 0.15) is 5.75 Å². The molecule has 2 amide bonds. The van der Waals surface area contributed by atoms with Gasteiger partial charge in [0, 0.05) is 18.7 Å². The second kappa shape index (κ2) is 11.9. The van der Waals surface area contributed by atoms with E-state index in [1.807, 2.05) is 0 Å². The minimum atomic E-state index is -0.805. The molecule has 2 rings (SSSR count). The number of methoxy groups -OCH3 is 1. The van der Waals surface area contributed by atoms with Crippen LogP contribution in [0.3, 0.4) is 0 Å². The van der Waals surface area contributed by atoms with Crippen molar-refractivity contribution in [1.29, 1.82) is 0 Å². The van der Waals surface area contributed by atoms with Crippen molar-refractivity contribution in [1.82, 2.24) is 10.6 Å². The van der Waals surface area contributed by atoms with E-state index in [2.05, 4.69) is 15.4 Å². The van der Waals surface area contributed by atoms with Crippen LogP contribution in [0.25, 0.3) is 0 Å². The van der Waals surface area contributed by atoms with Crippen molar-refractivity contribution in [3.05, 3.63) is 54.1 Å². The predicted molar refractivity (Wildman–Crippen MR) is 108 cm³/mol. The third-order valence-electron chi connectivity index (χ3n) is 3.74. The standard InChI is InChI=1S/C21H24N2O7/c1-3-28-21(26)30-16-10-8-15(9-11-16)20(25)23-13-12-22-19(24)14-29-18-7-5-4-6-17(18)27-2/h4-11H,3,12-14H2,1-2H3,(H,22,24)(H,23,25). The van der Waals surface area contributed by atoms with E-state index < -0.39 is 6.16 Å². The van der Waals surface area contributed by atoms with Gasteiger partial charge in [-0.3, -0.25) is 9.59 Å². The van der Waals surface area contributed by atoms with Gasteiger partial charge in [0.2, 0.25) is 0 Å². The van der Waals surface area contributed by atoms with E-state index in [1.54, 1.807) is 31.2 Å². The number of rotatable bonds is 10. The van der Waals surface area contributed by atoms with Crippen molar-refractivity contribution in [2.24, 2.45) is 0 Å². The van der Waals surface area contributed by atoms with Crippen LogP contribution in [-0.2, 0) is 9.53 Å². The number of ether oxygens (including phenoxy) is 4. The Bertz CT molecular complexity index is 853. The summed E-state index contributed by atoms with van der Waals surface area (Å²) in [5.74, 6) is 0.634. The molecule has 0 aliphatic carbocycles. The lowest BCUT2D eigenvalue weighted by atomic mass is 10.2. The number of amides is 2. The molecule has 0 bridgehead atoms. The molecule has 2 aromatic carbocycles. The van der Waals surface area contributed by atoms with Crippen LogP contribution in [0.4, 0.5) is 4.79 Å². The number of nitrogens with one attached hydrogen (secondary N) is 2. The fourth-order valence-electron chi connectivity index (χ4n) is 2.33. The normalized spacial score (nSPS) is 9.93. The molecular weight excluding hydrogens is 392 g/mol. The zero-order valence-electron chi connectivity index (χ0n) is 16.8. The smallest absolute Gasteiger partial charge is 0.493 e. The highest BCUT2D eigenvalue weighted by molar-refractivity contribution is 5.94. The highest BCUT2D eigenvalue weighted by atomic mass is 16.7. The number of carbonyl (C=O) groups is 3. The topological polar surface area (TPSA) is 112 Å². The SMILES string of the molecule is CCOC(=O)Oc1ccc(C(=O)NCCNC(=O)COc2ccccc2OC)cc1. The Morgan fingerprint density at radius 1 is 0.900 bits per heavy atom. The molecule has 0 heterocycles. The van der Waals surface area contributed by atoms with Gasteiger partial charge >= 0.3 is 6.16 Å². The van der Waals surface area contributed by atoms with E-state index in [0.717, 1.165) is 0 Å². The van der Waals surface area contributed by atoms with E-state index in [4.69, 9.17) is 14.2 Å². The van der Waals surface area contributed by atoms with Crippen molar-refractivity contribution < 1.29 is 33.3 Å². The zero-order valence-corrected chi connectivity index (χ0v) is 16.8. The Labute approximate surface area is 174 Å². The quantitative estimate of drug-likeness (QED) is 0.347. The van der Waals surface area contributed by atoms with E-state index >= 15 is 0 Å². The van der Waals surface area contributed by atoms with Gasteiger partial charge in [-0.05, 0) is 43.3 Å². The molecule has 9 nitrogen and oxygen atoms in total. The van der Waals surface area contributed by atoms with Crippen LogP contribution in [0.15, 0.2) is 48.5 Å². The molecule has 0 radical (unpaired) electrons. The Kier molecular flexibility index (Phi) is 8.98. The molecule has 0 atom stereocenters. The molecule has 0 unspecified atom stereocenters. The monoisotopic (exact) mass is 416 g/mol. The fraction of sp³-hybridized carbons (Fsp3) is 0.286. The molecule has 9 heteroatoms. The number of carbonyl (C=O) groups excluding carboxylic acids is 3. The lowest BCUT2D eigenvalue weighted by Crippen LogP contribution is -2.36. The highest BCUT2D eigenvalue weighted by Crippen LogP contribution is 2.25. The largest absolute Gasteiger partial charge is 0.513 e. The van der Waals surface area contributed by atoms with Gasteiger partial charge in [-0.25, -0.2) is 4.79 Å². The van der Waals surface area contributed by atoms with Crippen molar-refractivity contribution in [3.8, 4) is 17.2 Å². The third kappa shape index (κ3) is 7.34. The molecule has 0 saturated heterocycles. The third-order valence-corrected chi connectivity index (χ3v) is 3.74. The van der Waals surface area contributed by atoms with Crippen LogP contribution in [-0.4, -0.2) is 51.4 Å². The number of benzene rings is 2. The Morgan fingerprint density at radius 3 is 2.23 bits per heavy atom. The van der Waals surface area contributed by atoms with Crippen molar-refractivity contribution in [2.75, 3.05) is 33.4 Å². The Balaban J connectivity index is 1.67. The number of para-hydroxylation sites is 2. The zero-order chi connectivity index (χ0) is 21.8. The first-order chi connectivity index (χ1) is 14.5. The first kappa shape index (κ1) is 22.5. The number of hydrogen-bond acceptors (Lipinski definition) is 7. The number of hydrogen-bond donors (Lipinski definition) is 2. The first-order valence-electron chi connectivity index (χ1n) is 9.29.